The van der Waals surface area contributed by atoms with Crippen molar-refractivity contribution in [1.29, 1.82) is 0 Å². The molecule has 1 aliphatic carbocycles. The Morgan fingerprint density at radius 2 is 2.00 bits per heavy atom. The lowest BCUT2D eigenvalue weighted by atomic mass is 9.94. The van der Waals surface area contributed by atoms with Crippen molar-refractivity contribution in [2.45, 2.75) is 37.8 Å². The van der Waals surface area contributed by atoms with Gasteiger partial charge in [-0.25, -0.2) is 0 Å². The Morgan fingerprint density at radius 3 is 2.62 bits per heavy atom. The Bertz CT molecular complexity index is 495. The number of rotatable bonds is 5. The molecular formula is C17H29IN4S2. The minimum atomic E-state index is 0. The topological polar surface area (TPSA) is 39.7 Å². The zero-order valence-electron chi connectivity index (χ0n) is 14.4. The molecule has 1 saturated heterocycles. The highest BCUT2D eigenvalue weighted by atomic mass is 127. The molecule has 2 heterocycles. The van der Waals surface area contributed by atoms with E-state index in [0.29, 0.717) is 5.54 Å². The molecule has 0 atom stereocenters. The number of thiophene rings is 1. The number of thioether (sulfide) groups is 1. The molecule has 0 bridgehead atoms. The molecule has 1 aromatic rings. The van der Waals surface area contributed by atoms with Crippen molar-refractivity contribution in [3.8, 4) is 0 Å². The highest BCUT2D eigenvalue weighted by Gasteiger charge is 2.39. The van der Waals surface area contributed by atoms with Crippen LogP contribution in [0.3, 0.4) is 0 Å². The van der Waals surface area contributed by atoms with Gasteiger partial charge in [-0.3, -0.25) is 9.89 Å². The first-order valence-electron chi connectivity index (χ1n) is 8.62. The van der Waals surface area contributed by atoms with Gasteiger partial charge < -0.3 is 10.6 Å². The zero-order chi connectivity index (χ0) is 16.0. The predicted molar refractivity (Wildman–Crippen MR) is 118 cm³/mol. The van der Waals surface area contributed by atoms with Gasteiger partial charge in [0.15, 0.2) is 5.96 Å². The molecule has 2 fully saturated rings. The van der Waals surface area contributed by atoms with Crippen molar-refractivity contribution in [3.05, 3.63) is 22.4 Å². The summed E-state index contributed by atoms with van der Waals surface area (Å²) in [6.07, 6.45) is 5.39. The number of aliphatic imine (C=N–C) groups is 1. The number of nitrogens with zero attached hydrogens (tertiary/aromatic N) is 2. The van der Waals surface area contributed by atoms with Gasteiger partial charge in [0.25, 0.3) is 0 Å². The van der Waals surface area contributed by atoms with Crippen LogP contribution in [0.1, 0.15) is 30.6 Å². The highest BCUT2D eigenvalue weighted by Crippen LogP contribution is 2.36. The molecule has 24 heavy (non-hydrogen) atoms. The molecule has 0 spiro atoms. The van der Waals surface area contributed by atoms with E-state index < -0.39 is 0 Å². The van der Waals surface area contributed by atoms with Gasteiger partial charge in [0.05, 0.1) is 6.54 Å². The fourth-order valence-electron chi connectivity index (χ4n) is 3.73. The lowest BCUT2D eigenvalue weighted by Gasteiger charge is -2.43. The van der Waals surface area contributed by atoms with Crippen molar-refractivity contribution in [3.63, 3.8) is 0 Å². The van der Waals surface area contributed by atoms with Crippen molar-refractivity contribution in [2.75, 3.05) is 38.2 Å². The second-order valence-corrected chi connectivity index (χ2v) is 8.65. The Hall–Kier alpha value is 0.01000. The third-order valence-corrected chi connectivity index (χ3v) is 6.85. The van der Waals surface area contributed by atoms with Gasteiger partial charge >= 0.3 is 0 Å². The smallest absolute Gasteiger partial charge is 0.191 e. The Labute approximate surface area is 171 Å². The molecule has 3 rings (SSSR count). The second-order valence-electron chi connectivity index (χ2n) is 6.39. The van der Waals surface area contributed by atoms with Crippen LogP contribution in [0.2, 0.25) is 0 Å². The summed E-state index contributed by atoms with van der Waals surface area (Å²) < 4.78 is 0. The van der Waals surface area contributed by atoms with Crippen molar-refractivity contribution in [2.24, 2.45) is 4.99 Å². The molecule has 1 aromatic heterocycles. The van der Waals surface area contributed by atoms with Crippen LogP contribution < -0.4 is 10.6 Å². The lowest BCUT2D eigenvalue weighted by Crippen LogP contribution is -2.57. The number of halogens is 1. The zero-order valence-corrected chi connectivity index (χ0v) is 18.4. The Balaban J connectivity index is 0.00000208. The first-order chi connectivity index (χ1) is 11.3. The van der Waals surface area contributed by atoms with Gasteiger partial charge in [-0.15, -0.1) is 35.3 Å². The Kier molecular flexibility index (Phi) is 8.66. The van der Waals surface area contributed by atoms with E-state index >= 15 is 0 Å². The minimum Gasteiger partial charge on any atom is -0.355 e. The van der Waals surface area contributed by atoms with Crippen LogP contribution in [0, 0.1) is 0 Å². The third kappa shape index (κ3) is 5.25. The SMILES string of the molecule is CN=C(NCc1cccs1)NCC1(N2CCSCC2)CCCC1.I. The quantitative estimate of drug-likeness (QED) is 0.385. The third-order valence-electron chi connectivity index (χ3n) is 5.03. The van der Waals surface area contributed by atoms with Gasteiger partial charge in [-0.05, 0) is 24.3 Å². The number of hydrogen-bond donors (Lipinski definition) is 2. The van der Waals surface area contributed by atoms with Crippen molar-refractivity contribution < 1.29 is 0 Å². The van der Waals surface area contributed by atoms with Crippen LogP contribution in [0.5, 0.6) is 0 Å². The van der Waals surface area contributed by atoms with Crippen molar-refractivity contribution >= 4 is 53.0 Å². The van der Waals surface area contributed by atoms with Crippen LogP contribution in [0.15, 0.2) is 22.5 Å². The largest absolute Gasteiger partial charge is 0.355 e. The van der Waals surface area contributed by atoms with Crippen LogP contribution in [-0.4, -0.2) is 54.6 Å². The average molecular weight is 480 g/mol. The standard InChI is InChI=1S/C17H28N4S2.HI/c1-18-16(19-13-15-5-4-10-23-15)20-14-17(6-2-3-7-17)21-8-11-22-12-9-21;/h4-5,10H,2-3,6-9,11-14H2,1H3,(H2,18,19,20);1H. The van der Waals surface area contributed by atoms with Crippen LogP contribution >= 0.6 is 47.1 Å². The maximum absolute atomic E-state index is 4.40. The summed E-state index contributed by atoms with van der Waals surface area (Å²) in [5.74, 6) is 3.50. The molecule has 0 radical (unpaired) electrons. The summed E-state index contributed by atoms with van der Waals surface area (Å²) in [6, 6.07) is 4.26. The summed E-state index contributed by atoms with van der Waals surface area (Å²) in [6.45, 7) is 4.35. The predicted octanol–water partition coefficient (Wildman–Crippen LogP) is 3.39. The van der Waals surface area contributed by atoms with E-state index in [1.165, 1.54) is 55.2 Å². The van der Waals surface area contributed by atoms with Crippen LogP contribution in [0.4, 0.5) is 0 Å². The van der Waals surface area contributed by atoms with Gasteiger partial charge in [0, 0.05) is 48.6 Å². The molecule has 136 valence electrons. The number of guanidine groups is 1. The minimum absolute atomic E-state index is 0. The van der Waals surface area contributed by atoms with Gasteiger partial charge in [-0.1, -0.05) is 18.9 Å². The van der Waals surface area contributed by atoms with Crippen LogP contribution in [-0.2, 0) is 6.54 Å². The van der Waals surface area contributed by atoms with Gasteiger partial charge in [0.1, 0.15) is 0 Å². The molecule has 2 N–H and O–H groups in total. The number of nitrogens with one attached hydrogen (secondary N) is 2. The molecular weight excluding hydrogens is 451 g/mol. The summed E-state index contributed by atoms with van der Waals surface area (Å²) in [4.78, 5) is 8.49. The molecule has 0 amide bonds. The van der Waals surface area contributed by atoms with E-state index in [9.17, 15) is 0 Å². The Morgan fingerprint density at radius 1 is 1.25 bits per heavy atom. The first kappa shape index (κ1) is 20.3. The monoisotopic (exact) mass is 480 g/mol. The van der Waals surface area contributed by atoms with E-state index in [1.807, 2.05) is 7.05 Å². The maximum atomic E-state index is 4.40. The lowest BCUT2D eigenvalue weighted by molar-refractivity contribution is 0.107. The summed E-state index contributed by atoms with van der Waals surface area (Å²) in [7, 11) is 1.86. The second kappa shape index (κ2) is 10.2. The highest BCUT2D eigenvalue weighted by molar-refractivity contribution is 14.0. The summed E-state index contributed by atoms with van der Waals surface area (Å²) >= 11 is 3.88. The molecule has 0 aromatic carbocycles. The van der Waals surface area contributed by atoms with E-state index in [2.05, 4.69) is 49.8 Å². The molecule has 0 unspecified atom stereocenters. The molecule has 1 saturated carbocycles. The fraction of sp³-hybridized carbons (Fsp3) is 0.706. The summed E-state index contributed by atoms with van der Waals surface area (Å²) in [5, 5.41) is 9.17. The van der Waals surface area contributed by atoms with Gasteiger partial charge in [-0.2, -0.15) is 11.8 Å². The average Bonchev–Trinajstić information content (AvgIpc) is 3.28. The van der Waals surface area contributed by atoms with E-state index in [1.54, 1.807) is 11.3 Å². The van der Waals surface area contributed by atoms with Crippen molar-refractivity contribution in [1.82, 2.24) is 15.5 Å². The maximum Gasteiger partial charge on any atom is 0.191 e. The molecule has 7 heteroatoms. The summed E-state index contributed by atoms with van der Waals surface area (Å²) in [5.41, 5.74) is 0.349. The van der Waals surface area contributed by atoms with E-state index in [0.717, 1.165) is 19.0 Å². The number of hydrogen-bond acceptors (Lipinski definition) is 4. The van der Waals surface area contributed by atoms with Gasteiger partial charge in [0.2, 0.25) is 0 Å². The van der Waals surface area contributed by atoms with E-state index in [-0.39, 0.29) is 24.0 Å². The molecule has 2 aliphatic rings. The van der Waals surface area contributed by atoms with E-state index in [4.69, 9.17) is 0 Å². The molecule has 4 nitrogen and oxygen atoms in total. The van der Waals surface area contributed by atoms with Crippen LogP contribution in [0.25, 0.3) is 0 Å². The fourth-order valence-corrected chi connectivity index (χ4v) is 5.28. The first-order valence-corrected chi connectivity index (χ1v) is 10.7. The normalized spacial score (nSPS) is 21.3. The molecule has 1 aliphatic heterocycles.